The Hall–Kier alpha value is -1.73. The highest BCUT2D eigenvalue weighted by Gasteiger charge is 2.26. The molecule has 2 heterocycles. The molecule has 0 bridgehead atoms. The number of hydrogen-bond acceptors (Lipinski definition) is 6. The van der Waals surface area contributed by atoms with E-state index in [0.29, 0.717) is 0 Å². The molecule has 0 aliphatic carbocycles. The lowest BCUT2D eigenvalue weighted by molar-refractivity contribution is -0.116. The third-order valence-electron chi connectivity index (χ3n) is 2.36. The Labute approximate surface area is 134 Å². The lowest BCUT2D eigenvalue weighted by Gasteiger charge is -2.14. The minimum atomic E-state index is -4.22. The lowest BCUT2D eigenvalue weighted by atomic mass is 10.3. The van der Waals surface area contributed by atoms with Crippen LogP contribution in [-0.4, -0.2) is 27.9 Å². The zero-order valence-corrected chi connectivity index (χ0v) is 13.4. The van der Waals surface area contributed by atoms with E-state index >= 15 is 0 Å². The summed E-state index contributed by atoms with van der Waals surface area (Å²) in [6.45, 7) is 0. The topological polar surface area (TPSA) is 106 Å². The van der Waals surface area contributed by atoms with Crippen LogP contribution in [0.3, 0.4) is 0 Å². The van der Waals surface area contributed by atoms with Gasteiger partial charge in [0.2, 0.25) is 0 Å². The summed E-state index contributed by atoms with van der Waals surface area (Å²) in [6.07, 6.45) is 0.660. The number of nitrogens with one attached hydrogen (secondary N) is 1. The van der Waals surface area contributed by atoms with E-state index in [0.717, 1.165) is 11.3 Å². The van der Waals surface area contributed by atoms with Crippen LogP contribution in [0.4, 0.5) is 0 Å². The summed E-state index contributed by atoms with van der Waals surface area (Å²) in [6, 6.07) is 5.93. The van der Waals surface area contributed by atoms with Crippen LogP contribution in [0.2, 0.25) is 5.15 Å². The van der Waals surface area contributed by atoms with Crippen LogP contribution in [0.1, 0.15) is 9.67 Å². The van der Waals surface area contributed by atoms with Gasteiger partial charge in [-0.3, -0.25) is 9.59 Å². The molecular weight excluding hydrogens is 351 g/mol. The molecule has 7 nitrogen and oxygen atoms in total. The van der Waals surface area contributed by atoms with Gasteiger partial charge < -0.3 is 14.7 Å². The van der Waals surface area contributed by atoms with E-state index < -0.39 is 25.6 Å². The van der Waals surface area contributed by atoms with Gasteiger partial charge in [0.05, 0.1) is 4.88 Å². The van der Waals surface area contributed by atoms with E-state index in [1.165, 1.54) is 24.4 Å². The number of nitrogens with zero attached hydrogens (tertiary/aromatic N) is 1. The van der Waals surface area contributed by atoms with Crippen molar-refractivity contribution >= 4 is 42.2 Å². The van der Waals surface area contributed by atoms with Gasteiger partial charge in [0, 0.05) is 6.20 Å². The van der Waals surface area contributed by atoms with E-state index in [4.69, 9.17) is 16.1 Å². The number of carbonyl (C=O) groups excluding carboxylic acids is 2. The highest BCUT2D eigenvalue weighted by molar-refractivity contribution is 7.53. The minimum absolute atomic E-state index is 0.0854. The first-order chi connectivity index (χ1) is 10.4. The van der Waals surface area contributed by atoms with Crippen LogP contribution in [0.15, 0.2) is 35.8 Å². The Kier molecular flexibility index (Phi) is 5.31. The lowest BCUT2D eigenvalue weighted by Crippen LogP contribution is -2.31. The number of hydrogen-bond donors (Lipinski definition) is 2. The third kappa shape index (κ3) is 4.38. The molecule has 116 valence electrons. The number of amides is 1. The van der Waals surface area contributed by atoms with Gasteiger partial charge in [0.1, 0.15) is 6.29 Å². The molecule has 2 aromatic heterocycles. The summed E-state index contributed by atoms with van der Waals surface area (Å²) in [5.74, 6) is -1.86. The number of carbonyl (C=O) groups is 2. The fourth-order valence-corrected chi connectivity index (χ4v) is 3.13. The van der Waals surface area contributed by atoms with Crippen LogP contribution < -0.4 is 9.84 Å². The quantitative estimate of drug-likeness (QED) is 0.354. The molecule has 0 aliphatic rings. The molecule has 22 heavy (non-hydrogen) atoms. The molecule has 0 saturated heterocycles. The fourth-order valence-electron chi connectivity index (χ4n) is 1.40. The summed E-state index contributed by atoms with van der Waals surface area (Å²) >= 11 is 6.80. The van der Waals surface area contributed by atoms with Crippen molar-refractivity contribution in [1.29, 1.82) is 0 Å². The van der Waals surface area contributed by atoms with Crippen LogP contribution in [0.5, 0.6) is 5.75 Å². The Morgan fingerprint density at radius 2 is 2.18 bits per heavy atom. The Bertz CT molecular complexity index is 737. The molecule has 2 N–H and O–H groups in total. The minimum Gasteiger partial charge on any atom is -0.420 e. The Morgan fingerprint density at radius 3 is 2.82 bits per heavy atom. The van der Waals surface area contributed by atoms with Crippen molar-refractivity contribution < 1.29 is 23.6 Å². The molecule has 10 heteroatoms. The van der Waals surface area contributed by atoms with Crippen molar-refractivity contribution in [2.75, 3.05) is 6.29 Å². The maximum absolute atomic E-state index is 11.9. The maximum atomic E-state index is 11.9. The molecule has 0 saturated carbocycles. The second-order valence-corrected chi connectivity index (χ2v) is 7.07. The normalized spacial score (nSPS) is 13.2. The molecule has 0 aliphatic heterocycles. The van der Waals surface area contributed by atoms with Crippen molar-refractivity contribution in [1.82, 2.24) is 10.3 Å². The Balaban J connectivity index is 1.95. The van der Waals surface area contributed by atoms with Crippen molar-refractivity contribution in [3.63, 3.8) is 0 Å². The van der Waals surface area contributed by atoms with Crippen LogP contribution in [0, 0.1) is 0 Å². The highest BCUT2D eigenvalue weighted by Crippen LogP contribution is 2.43. The van der Waals surface area contributed by atoms with E-state index in [-0.39, 0.29) is 15.8 Å². The summed E-state index contributed by atoms with van der Waals surface area (Å²) < 4.78 is 16.7. The van der Waals surface area contributed by atoms with Crippen LogP contribution in [-0.2, 0) is 9.36 Å². The average Bonchev–Trinajstić information content (AvgIpc) is 3.00. The van der Waals surface area contributed by atoms with Gasteiger partial charge in [0.15, 0.2) is 10.9 Å². The van der Waals surface area contributed by atoms with E-state index in [1.54, 1.807) is 11.4 Å². The number of Topliss-reactive ketones (excluding diaryl/α,β-unsaturated/α-hetero) is 1. The molecule has 0 aromatic carbocycles. The molecule has 0 radical (unpaired) electrons. The SMILES string of the molecule is O=C(NCP(=O)(O)Oc1cccnc1Cl)C(=O)c1cccs1. The third-order valence-corrected chi connectivity index (χ3v) is 4.55. The summed E-state index contributed by atoms with van der Waals surface area (Å²) in [7, 11) is -4.22. The summed E-state index contributed by atoms with van der Waals surface area (Å²) in [4.78, 5) is 36.9. The first-order valence-electron chi connectivity index (χ1n) is 5.87. The monoisotopic (exact) mass is 360 g/mol. The van der Waals surface area contributed by atoms with E-state index in [1.807, 2.05) is 0 Å². The first-order valence-corrected chi connectivity index (χ1v) is 8.89. The predicted molar refractivity (Wildman–Crippen MR) is 81.4 cm³/mol. The van der Waals surface area contributed by atoms with Gasteiger partial charge in [-0.25, -0.2) is 9.55 Å². The van der Waals surface area contributed by atoms with E-state index in [2.05, 4.69) is 10.3 Å². The summed E-state index contributed by atoms with van der Waals surface area (Å²) in [5.41, 5.74) is 0. The second kappa shape index (κ2) is 7.02. The van der Waals surface area contributed by atoms with Crippen molar-refractivity contribution in [3.05, 3.63) is 45.9 Å². The molecule has 0 fully saturated rings. The number of pyridine rings is 1. The number of thiophene rings is 1. The van der Waals surface area contributed by atoms with Crippen LogP contribution >= 0.6 is 30.5 Å². The fraction of sp³-hybridized carbons (Fsp3) is 0.0833. The molecule has 2 rings (SSSR count). The van der Waals surface area contributed by atoms with Crippen molar-refractivity contribution in [3.8, 4) is 5.75 Å². The molecule has 1 unspecified atom stereocenters. The van der Waals surface area contributed by atoms with Gasteiger partial charge in [-0.1, -0.05) is 17.7 Å². The zero-order valence-electron chi connectivity index (χ0n) is 10.9. The van der Waals surface area contributed by atoms with Crippen LogP contribution in [0.25, 0.3) is 0 Å². The second-order valence-electron chi connectivity index (χ2n) is 3.99. The first kappa shape index (κ1) is 16.6. The van der Waals surface area contributed by atoms with Crippen molar-refractivity contribution in [2.24, 2.45) is 0 Å². The number of rotatable bonds is 6. The van der Waals surface area contributed by atoms with Gasteiger partial charge in [0.25, 0.3) is 11.7 Å². The predicted octanol–water partition coefficient (Wildman–Crippen LogP) is 2.32. The number of aromatic nitrogens is 1. The molecule has 1 amide bonds. The maximum Gasteiger partial charge on any atom is 0.395 e. The number of halogens is 1. The van der Waals surface area contributed by atoms with Gasteiger partial charge in [-0.15, -0.1) is 11.3 Å². The van der Waals surface area contributed by atoms with Gasteiger partial charge >= 0.3 is 7.60 Å². The molecular formula is C12H10ClN2O5PS. The largest absolute Gasteiger partial charge is 0.420 e. The average molecular weight is 361 g/mol. The smallest absolute Gasteiger partial charge is 0.395 e. The van der Waals surface area contributed by atoms with Crippen molar-refractivity contribution in [2.45, 2.75) is 0 Å². The van der Waals surface area contributed by atoms with Gasteiger partial charge in [-0.05, 0) is 23.6 Å². The Morgan fingerprint density at radius 1 is 1.41 bits per heavy atom. The standard InChI is InChI=1S/C12H10ClN2O5PS/c13-11-8(3-1-5-14-11)20-21(18,19)7-15-12(17)10(16)9-4-2-6-22-9/h1-6H,7H2,(H,15,17)(H,18,19). The highest BCUT2D eigenvalue weighted by atomic mass is 35.5. The summed E-state index contributed by atoms with van der Waals surface area (Å²) in [5, 5.41) is 3.63. The molecule has 1 atom stereocenters. The van der Waals surface area contributed by atoms with Gasteiger partial charge in [-0.2, -0.15) is 0 Å². The molecule has 0 spiro atoms. The number of ketones is 1. The molecule has 2 aromatic rings. The van der Waals surface area contributed by atoms with E-state index in [9.17, 15) is 19.0 Å². The zero-order chi connectivity index (χ0) is 16.2.